The smallest absolute Gasteiger partial charge is 0.157 e. The number of rotatable bonds is 10. The summed E-state index contributed by atoms with van der Waals surface area (Å²) >= 11 is 0. The highest BCUT2D eigenvalue weighted by atomic mass is 32.2. The number of fused-ring (bicyclic) bond motifs is 2. The second-order valence-electron chi connectivity index (χ2n) is 12.4. The number of aliphatic imine (C=N–C) groups is 1. The molecule has 1 aliphatic carbocycles. The molecule has 2 aliphatic rings. The highest BCUT2D eigenvalue weighted by Crippen LogP contribution is 2.34. The number of hydrogen-bond donors (Lipinski definition) is 2. The van der Waals surface area contributed by atoms with Crippen molar-refractivity contribution in [3.63, 3.8) is 0 Å². The summed E-state index contributed by atoms with van der Waals surface area (Å²) in [6.07, 6.45) is 11.6. The van der Waals surface area contributed by atoms with Crippen LogP contribution in [0.5, 0.6) is 0 Å². The molecule has 2 N–H and O–H groups in total. The van der Waals surface area contributed by atoms with Crippen LogP contribution in [0.4, 0.5) is 8.78 Å². The number of sulfone groups is 1. The topological polar surface area (TPSA) is 113 Å². The van der Waals surface area contributed by atoms with E-state index in [1.54, 1.807) is 30.6 Å². The first-order valence-electron chi connectivity index (χ1n) is 15.6. The highest BCUT2D eigenvalue weighted by molar-refractivity contribution is 7.90. The number of imidazole rings is 1. The molecule has 0 atom stereocenters. The van der Waals surface area contributed by atoms with Gasteiger partial charge in [-0.1, -0.05) is 25.0 Å². The van der Waals surface area contributed by atoms with Gasteiger partial charge in [0, 0.05) is 53.6 Å². The summed E-state index contributed by atoms with van der Waals surface area (Å²) in [6.45, 7) is 1.98. The Hall–Kier alpha value is -4.35. The van der Waals surface area contributed by atoms with Crippen molar-refractivity contribution >= 4 is 26.6 Å². The van der Waals surface area contributed by atoms with Gasteiger partial charge in [0.15, 0.2) is 5.82 Å². The van der Waals surface area contributed by atoms with Gasteiger partial charge in [0.25, 0.3) is 0 Å². The number of halogens is 2. The number of benzene rings is 2. The van der Waals surface area contributed by atoms with Crippen LogP contribution in [0.15, 0.2) is 66.0 Å². The third kappa shape index (κ3) is 6.34. The number of aromatic nitrogens is 4. The van der Waals surface area contributed by atoms with Crippen molar-refractivity contribution in [3.05, 3.63) is 101 Å². The first-order valence-corrected chi connectivity index (χ1v) is 17.6. The second kappa shape index (κ2) is 12.4. The molecule has 4 heterocycles. The van der Waals surface area contributed by atoms with Crippen molar-refractivity contribution in [2.24, 2.45) is 10.9 Å². The third-order valence-corrected chi connectivity index (χ3v) is 9.78. The summed E-state index contributed by atoms with van der Waals surface area (Å²) in [7, 11) is -3.22. The van der Waals surface area contributed by atoms with Crippen LogP contribution in [-0.4, -0.2) is 52.6 Å². The minimum Gasteiger partial charge on any atom is -0.337 e. The predicted octanol–water partition coefficient (Wildman–Crippen LogP) is 6.18. The molecule has 11 heteroatoms. The SMILES string of the molecule is CS(=O)(=O)CCc1cc(F)cc(-c2nccc3[nH]c(C4=NCc5ccc(-c6cncc(CNCC7CCCC7)c6)c(F)c54)nc23)c1. The third-order valence-electron chi connectivity index (χ3n) is 8.83. The summed E-state index contributed by atoms with van der Waals surface area (Å²) in [5.74, 6) is 0.139. The fourth-order valence-corrected chi connectivity index (χ4v) is 7.13. The molecule has 0 saturated heterocycles. The van der Waals surface area contributed by atoms with Gasteiger partial charge in [-0.3, -0.25) is 15.0 Å². The zero-order chi connectivity index (χ0) is 31.8. The molecule has 0 bridgehead atoms. The van der Waals surface area contributed by atoms with Gasteiger partial charge < -0.3 is 10.3 Å². The molecule has 3 aromatic heterocycles. The molecule has 5 aromatic rings. The number of aryl methyl sites for hydroxylation is 1. The van der Waals surface area contributed by atoms with Gasteiger partial charge in [-0.05, 0) is 78.7 Å². The first-order chi connectivity index (χ1) is 22.2. The lowest BCUT2D eigenvalue weighted by atomic mass is 9.97. The Kier molecular flexibility index (Phi) is 8.20. The molecule has 0 radical (unpaired) electrons. The van der Waals surface area contributed by atoms with Gasteiger partial charge in [-0.2, -0.15) is 0 Å². The van der Waals surface area contributed by atoms with E-state index in [2.05, 4.69) is 25.3 Å². The fraction of sp³-hybridized carbons (Fsp3) is 0.314. The molecule has 8 nitrogen and oxygen atoms in total. The molecule has 0 amide bonds. The number of pyridine rings is 2. The summed E-state index contributed by atoms with van der Waals surface area (Å²) in [4.78, 5) is 21.6. The lowest BCUT2D eigenvalue weighted by Crippen LogP contribution is -2.20. The Balaban J connectivity index is 1.18. The lowest BCUT2D eigenvalue weighted by molar-refractivity contribution is 0.489. The summed E-state index contributed by atoms with van der Waals surface area (Å²) in [5, 5.41) is 3.54. The maximum atomic E-state index is 16.4. The molecular weight excluding hydrogens is 606 g/mol. The van der Waals surface area contributed by atoms with Gasteiger partial charge in [-0.25, -0.2) is 22.2 Å². The van der Waals surface area contributed by atoms with E-state index < -0.39 is 15.7 Å². The predicted molar refractivity (Wildman–Crippen MR) is 175 cm³/mol. The van der Waals surface area contributed by atoms with E-state index in [9.17, 15) is 12.8 Å². The van der Waals surface area contributed by atoms with Crippen LogP contribution in [0.3, 0.4) is 0 Å². The standard InChI is InChI=1S/C35H34F2N6O2S/c1-46(44,45)11-9-22-12-25(15-27(36)14-22)32-33-29(8-10-40-32)42-35(43-33)34-30-24(20-41-34)6-7-28(31(30)37)26-13-23(18-39-19-26)17-38-16-21-4-2-3-5-21/h6-8,10,12-15,18-19,21,38H,2-5,9,11,16-17,20H2,1H3,(H,42,43). The molecular formula is C35H34F2N6O2S. The summed E-state index contributed by atoms with van der Waals surface area (Å²) in [5.41, 5.74) is 6.26. The van der Waals surface area contributed by atoms with Crippen LogP contribution < -0.4 is 5.32 Å². The maximum absolute atomic E-state index is 16.4. The lowest BCUT2D eigenvalue weighted by Gasteiger charge is -2.12. The molecule has 7 rings (SSSR count). The van der Waals surface area contributed by atoms with Crippen LogP contribution in [-0.2, 0) is 29.3 Å². The van der Waals surface area contributed by atoms with Crippen molar-refractivity contribution in [2.75, 3.05) is 18.6 Å². The average Bonchev–Trinajstić information content (AvgIpc) is 3.80. The van der Waals surface area contributed by atoms with Gasteiger partial charge in [0.1, 0.15) is 32.7 Å². The fourth-order valence-electron chi connectivity index (χ4n) is 6.52. The van der Waals surface area contributed by atoms with Crippen LogP contribution in [0.2, 0.25) is 0 Å². The van der Waals surface area contributed by atoms with Crippen molar-refractivity contribution < 1.29 is 17.2 Å². The first kappa shape index (κ1) is 30.3. The Morgan fingerprint density at radius 3 is 2.65 bits per heavy atom. The number of H-pyrrole nitrogens is 1. The van der Waals surface area contributed by atoms with E-state index in [-0.39, 0.29) is 18.0 Å². The number of aromatic amines is 1. The van der Waals surface area contributed by atoms with E-state index in [1.807, 2.05) is 18.3 Å². The summed E-state index contributed by atoms with van der Waals surface area (Å²) in [6, 6.07) is 11.8. The van der Waals surface area contributed by atoms with E-state index in [0.29, 0.717) is 69.2 Å². The molecule has 236 valence electrons. The Morgan fingerprint density at radius 2 is 1.83 bits per heavy atom. The van der Waals surface area contributed by atoms with Crippen molar-refractivity contribution in [3.8, 4) is 22.4 Å². The number of nitrogens with one attached hydrogen (secondary N) is 2. The summed E-state index contributed by atoms with van der Waals surface area (Å²) < 4.78 is 54.4. The monoisotopic (exact) mass is 640 g/mol. The molecule has 46 heavy (non-hydrogen) atoms. The van der Waals surface area contributed by atoms with E-state index >= 15 is 4.39 Å². The molecule has 2 aromatic carbocycles. The Labute approximate surface area is 266 Å². The van der Waals surface area contributed by atoms with E-state index in [4.69, 9.17) is 4.98 Å². The van der Waals surface area contributed by atoms with Gasteiger partial charge in [0.05, 0.1) is 23.5 Å². The Bertz CT molecular complexity index is 2090. The normalized spacial score (nSPS) is 15.1. The maximum Gasteiger partial charge on any atom is 0.157 e. The van der Waals surface area contributed by atoms with E-state index in [1.165, 1.54) is 37.8 Å². The average molecular weight is 641 g/mol. The molecule has 0 unspecified atom stereocenters. The molecule has 1 saturated carbocycles. The Morgan fingerprint density at radius 1 is 1.00 bits per heavy atom. The van der Waals surface area contributed by atoms with Crippen LogP contribution >= 0.6 is 0 Å². The van der Waals surface area contributed by atoms with E-state index in [0.717, 1.165) is 29.8 Å². The zero-order valence-corrected chi connectivity index (χ0v) is 26.3. The van der Waals surface area contributed by atoms with Crippen LogP contribution in [0, 0.1) is 17.6 Å². The minimum absolute atomic E-state index is 0.0927. The molecule has 1 fully saturated rings. The largest absolute Gasteiger partial charge is 0.337 e. The highest BCUT2D eigenvalue weighted by Gasteiger charge is 2.27. The zero-order valence-electron chi connectivity index (χ0n) is 25.5. The van der Waals surface area contributed by atoms with Crippen LogP contribution in [0.1, 0.15) is 53.8 Å². The molecule has 1 aliphatic heterocycles. The molecule has 0 spiro atoms. The van der Waals surface area contributed by atoms with Gasteiger partial charge >= 0.3 is 0 Å². The minimum atomic E-state index is -3.22. The van der Waals surface area contributed by atoms with Gasteiger partial charge in [-0.15, -0.1) is 0 Å². The van der Waals surface area contributed by atoms with Crippen molar-refractivity contribution in [1.82, 2.24) is 25.3 Å². The van der Waals surface area contributed by atoms with Crippen molar-refractivity contribution in [2.45, 2.75) is 45.2 Å². The van der Waals surface area contributed by atoms with Crippen LogP contribution in [0.25, 0.3) is 33.4 Å². The second-order valence-corrected chi connectivity index (χ2v) is 14.6. The van der Waals surface area contributed by atoms with Crippen molar-refractivity contribution in [1.29, 1.82) is 0 Å². The number of hydrogen-bond acceptors (Lipinski definition) is 7. The van der Waals surface area contributed by atoms with Gasteiger partial charge in [0.2, 0.25) is 0 Å². The number of nitrogens with zero attached hydrogens (tertiary/aromatic N) is 4. The quantitative estimate of drug-likeness (QED) is 0.189.